The summed E-state index contributed by atoms with van der Waals surface area (Å²) in [5.41, 5.74) is 0. The number of Topliss-reactive ketones (excluding diaryl/α,β-unsaturated/α-hetero) is 1. The first-order valence-corrected chi connectivity index (χ1v) is 2.19. The summed E-state index contributed by atoms with van der Waals surface area (Å²) in [7, 11) is 1.39. The van der Waals surface area contributed by atoms with E-state index in [1.54, 1.807) is 0 Å². The SMILES string of the molecule is COC(C)C(=O)C#N. The van der Waals surface area contributed by atoms with Gasteiger partial charge in [-0.25, -0.2) is 0 Å². The lowest BCUT2D eigenvalue weighted by Gasteiger charge is -1.98. The van der Waals surface area contributed by atoms with Crippen LogP contribution in [0, 0.1) is 11.3 Å². The van der Waals surface area contributed by atoms with E-state index in [-0.39, 0.29) is 0 Å². The van der Waals surface area contributed by atoms with E-state index < -0.39 is 11.9 Å². The standard InChI is InChI=1S/C5H7NO2/c1-4(8-2)5(7)3-6/h4H,1-2H3. The number of ether oxygens (including phenoxy) is 1. The number of carbonyl (C=O) groups is 1. The average molecular weight is 113 g/mol. The van der Waals surface area contributed by atoms with Gasteiger partial charge in [0.1, 0.15) is 12.2 Å². The van der Waals surface area contributed by atoms with Gasteiger partial charge in [0.2, 0.25) is 0 Å². The highest BCUT2D eigenvalue weighted by molar-refractivity contribution is 5.96. The van der Waals surface area contributed by atoms with Gasteiger partial charge in [0.15, 0.2) is 0 Å². The summed E-state index contributed by atoms with van der Waals surface area (Å²) in [5.74, 6) is -0.535. The number of ketones is 1. The Morgan fingerprint density at radius 1 is 1.88 bits per heavy atom. The maximum Gasteiger partial charge on any atom is 0.260 e. The Hall–Kier alpha value is -0.880. The zero-order valence-electron chi connectivity index (χ0n) is 4.84. The maximum absolute atomic E-state index is 10.3. The van der Waals surface area contributed by atoms with Gasteiger partial charge in [-0.05, 0) is 6.92 Å². The van der Waals surface area contributed by atoms with Crippen LogP contribution >= 0.6 is 0 Å². The lowest BCUT2D eigenvalue weighted by Crippen LogP contribution is -2.16. The van der Waals surface area contributed by atoms with Crippen molar-refractivity contribution in [3.8, 4) is 6.07 Å². The van der Waals surface area contributed by atoms with Crippen molar-refractivity contribution in [3.05, 3.63) is 0 Å². The third-order valence-corrected chi connectivity index (χ3v) is 0.833. The fourth-order valence-corrected chi connectivity index (χ4v) is 0.198. The van der Waals surface area contributed by atoms with Crippen LogP contribution in [0.3, 0.4) is 0 Å². The molecule has 0 aliphatic carbocycles. The third-order valence-electron chi connectivity index (χ3n) is 0.833. The first-order chi connectivity index (χ1) is 3.72. The molecule has 0 rings (SSSR count). The Bertz CT molecular complexity index is 125. The Morgan fingerprint density at radius 2 is 2.38 bits per heavy atom. The minimum Gasteiger partial charge on any atom is -0.373 e. The normalized spacial score (nSPS) is 12.1. The molecule has 0 aliphatic rings. The van der Waals surface area contributed by atoms with Crippen LogP contribution in [0.25, 0.3) is 0 Å². The zero-order valence-corrected chi connectivity index (χ0v) is 4.84. The van der Waals surface area contributed by atoms with Gasteiger partial charge in [-0.1, -0.05) is 0 Å². The van der Waals surface area contributed by atoms with E-state index >= 15 is 0 Å². The van der Waals surface area contributed by atoms with Crippen molar-refractivity contribution in [2.24, 2.45) is 0 Å². The summed E-state index contributed by atoms with van der Waals surface area (Å²) < 4.78 is 4.53. The number of hydrogen-bond donors (Lipinski definition) is 0. The monoisotopic (exact) mass is 113 g/mol. The minimum absolute atomic E-state index is 0.535. The number of hydrogen-bond acceptors (Lipinski definition) is 3. The minimum atomic E-state index is -0.583. The molecule has 0 aromatic carbocycles. The number of nitrogens with zero attached hydrogens (tertiary/aromatic N) is 1. The molecule has 0 amide bonds. The summed E-state index contributed by atoms with van der Waals surface area (Å²) in [6, 6.07) is 1.45. The van der Waals surface area contributed by atoms with Crippen molar-refractivity contribution in [1.29, 1.82) is 5.26 Å². The Morgan fingerprint density at radius 3 is 2.50 bits per heavy atom. The molecule has 0 aliphatic heterocycles. The third kappa shape index (κ3) is 1.71. The molecule has 0 radical (unpaired) electrons. The van der Waals surface area contributed by atoms with Gasteiger partial charge in [0, 0.05) is 7.11 Å². The van der Waals surface area contributed by atoms with Crippen molar-refractivity contribution in [2.45, 2.75) is 13.0 Å². The van der Waals surface area contributed by atoms with Gasteiger partial charge in [-0.3, -0.25) is 4.79 Å². The first kappa shape index (κ1) is 7.12. The van der Waals surface area contributed by atoms with E-state index in [9.17, 15) is 4.79 Å². The molecule has 0 heterocycles. The molecule has 44 valence electrons. The van der Waals surface area contributed by atoms with Crippen LogP contribution < -0.4 is 0 Å². The first-order valence-electron chi connectivity index (χ1n) is 2.19. The summed E-state index contributed by atoms with van der Waals surface area (Å²) >= 11 is 0. The second-order valence-electron chi connectivity index (χ2n) is 1.35. The number of rotatable bonds is 2. The van der Waals surface area contributed by atoms with Crippen LogP contribution in [0.15, 0.2) is 0 Å². The topological polar surface area (TPSA) is 50.1 Å². The molecule has 1 atom stereocenters. The van der Waals surface area contributed by atoms with Crippen LogP contribution in [0.1, 0.15) is 6.92 Å². The summed E-state index contributed by atoms with van der Waals surface area (Å²) in [4.78, 5) is 10.3. The molecule has 0 saturated carbocycles. The van der Waals surface area contributed by atoms with Gasteiger partial charge in [0.05, 0.1) is 0 Å². The highest BCUT2D eigenvalue weighted by Gasteiger charge is 2.08. The Labute approximate surface area is 47.9 Å². The van der Waals surface area contributed by atoms with Crippen LogP contribution in [0.4, 0.5) is 0 Å². The van der Waals surface area contributed by atoms with Crippen LogP contribution in [0.2, 0.25) is 0 Å². The number of carbonyl (C=O) groups excluding carboxylic acids is 1. The quantitative estimate of drug-likeness (QED) is 0.478. The highest BCUT2D eigenvalue weighted by atomic mass is 16.5. The van der Waals surface area contributed by atoms with E-state index in [1.807, 2.05) is 0 Å². The van der Waals surface area contributed by atoms with E-state index in [0.717, 1.165) is 0 Å². The van der Waals surface area contributed by atoms with Gasteiger partial charge in [-0.2, -0.15) is 5.26 Å². The Kier molecular flexibility index (Phi) is 2.82. The molecule has 0 saturated heterocycles. The molecule has 0 bridgehead atoms. The Balaban J connectivity index is 3.68. The van der Waals surface area contributed by atoms with E-state index in [1.165, 1.54) is 20.1 Å². The van der Waals surface area contributed by atoms with Gasteiger partial charge in [-0.15, -0.1) is 0 Å². The molecule has 3 nitrogen and oxygen atoms in total. The van der Waals surface area contributed by atoms with Gasteiger partial charge >= 0.3 is 0 Å². The molecule has 3 heteroatoms. The van der Waals surface area contributed by atoms with Crippen molar-refractivity contribution in [2.75, 3.05) is 7.11 Å². The average Bonchev–Trinajstić information content (AvgIpc) is 1.84. The van der Waals surface area contributed by atoms with E-state index in [2.05, 4.69) is 4.74 Å². The van der Waals surface area contributed by atoms with Crippen LogP contribution in [0.5, 0.6) is 0 Å². The second kappa shape index (κ2) is 3.16. The molecule has 0 aromatic rings. The highest BCUT2D eigenvalue weighted by Crippen LogP contribution is 1.86. The van der Waals surface area contributed by atoms with Crippen LogP contribution in [-0.4, -0.2) is 19.0 Å². The summed E-state index contributed by atoms with van der Waals surface area (Å²) in [5, 5.41) is 7.96. The van der Waals surface area contributed by atoms with E-state index in [0.29, 0.717) is 0 Å². The van der Waals surface area contributed by atoms with E-state index in [4.69, 9.17) is 5.26 Å². The zero-order chi connectivity index (χ0) is 6.57. The summed E-state index contributed by atoms with van der Waals surface area (Å²) in [6.45, 7) is 1.53. The van der Waals surface area contributed by atoms with Gasteiger partial charge < -0.3 is 4.74 Å². The number of nitriles is 1. The molecule has 0 N–H and O–H groups in total. The predicted molar refractivity (Wildman–Crippen MR) is 27.1 cm³/mol. The maximum atomic E-state index is 10.3. The number of methoxy groups -OCH3 is 1. The van der Waals surface area contributed by atoms with Crippen LogP contribution in [-0.2, 0) is 9.53 Å². The van der Waals surface area contributed by atoms with Crippen molar-refractivity contribution >= 4 is 5.78 Å². The lowest BCUT2D eigenvalue weighted by atomic mass is 10.3. The molecule has 0 fully saturated rings. The van der Waals surface area contributed by atoms with Crippen molar-refractivity contribution in [3.63, 3.8) is 0 Å². The molecular weight excluding hydrogens is 106 g/mol. The lowest BCUT2D eigenvalue weighted by molar-refractivity contribution is -0.122. The van der Waals surface area contributed by atoms with Crippen molar-refractivity contribution < 1.29 is 9.53 Å². The van der Waals surface area contributed by atoms with Crippen molar-refractivity contribution in [1.82, 2.24) is 0 Å². The fourth-order valence-electron chi connectivity index (χ4n) is 0.198. The molecule has 1 unspecified atom stereocenters. The molecule has 0 spiro atoms. The van der Waals surface area contributed by atoms with Gasteiger partial charge in [0.25, 0.3) is 5.78 Å². The molecule has 0 aromatic heterocycles. The summed E-state index contributed by atoms with van der Waals surface area (Å²) in [6.07, 6.45) is -0.583. The predicted octanol–water partition coefficient (Wildman–Crippen LogP) is 0.114. The molecular formula is C5H7NO2. The smallest absolute Gasteiger partial charge is 0.260 e. The molecule has 8 heavy (non-hydrogen) atoms. The largest absolute Gasteiger partial charge is 0.373 e. The second-order valence-corrected chi connectivity index (χ2v) is 1.35. The fraction of sp³-hybridized carbons (Fsp3) is 0.600.